The van der Waals surface area contributed by atoms with E-state index in [9.17, 15) is 18.0 Å². The summed E-state index contributed by atoms with van der Waals surface area (Å²) in [5.41, 5.74) is -0.461. The van der Waals surface area contributed by atoms with E-state index < -0.39 is 17.6 Å². The van der Waals surface area contributed by atoms with Crippen LogP contribution in [0.25, 0.3) is 0 Å². The maximum absolute atomic E-state index is 13.1. The van der Waals surface area contributed by atoms with E-state index >= 15 is 0 Å². The van der Waals surface area contributed by atoms with Gasteiger partial charge in [-0.25, -0.2) is 0 Å². The molecule has 0 atom stereocenters. The second-order valence-electron chi connectivity index (χ2n) is 6.73. The van der Waals surface area contributed by atoms with Crippen molar-refractivity contribution in [1.29, 1.82) is 0 Å². The number of alkyl halides is 3. The van der Waals surface area contributed by atoms with E-state index in [1.807, 2.05) is 0 Å². The van der Waals surface area contributed by atoms with Crippen molar-refractivity contribution >= 4 is 23.2 Å². The maximum atomic E-state index is 13.1. The Morgan fingerprint density at radius 2 is 1.94 bits per heavy atom. The number of ether oxygens (including phenoxy) is 4. The molecule has 31 heavy (non-hydrogen) atoms. The van der Waals surface area contributed by atoms with E-state index in [0.717, 1.165) is 12.1 Å². The number of fused-ring (bicyclic) bond motifs is 1. The molecule has 1 amide bonds. The zero-order valence-corrected chi connectivity index (χ0v) is 17.4. The Hall–Kier alpha value is -2.65. The lowest BCUT2D eigenvalue weighted by molar-refractivity contribution is -0.137. The van der Waals surface area contributed by atoms with Gasteiger partial charge in [-0.1, -0.05) is 11.6 Å². The Morgan fingerprint density at radius 3 is 2.68 bits per heavy atom. The highest BCUT2D eigenvalue weighted by Crippen LogP contribution is 2.38. The smallest absolute Gasteiger partial charge is 0.416 e. The SMILES string of the molecule is COCCOc1ccc(C(F)(F)F)cc1NC(=O)Cc1cc(Cl)c2c(c1)OCCCO2. The van der Waals surface area contributed by atoms with Crippen LogP contribution >= 0.6 is 11.6 Å². The second kappa shape index (κ2) is 10.1. The Balaban J connectivity index is 1.78. The van der Waals surface area contributed by atoms with Gasteiger partial charge in [0.25, 0.3) is 0 Å². The largest absolute Gasteiger partial charge is 0.489 e. The van der Waals surface area contributed by atoms with Gasteiger partial charge in [0, 0.05) is 13.5 Å². The molecule has 0 saturated heterocycles. The summed E-state index contributed by atoms with van der Waals surface area (Å²) < 4.78 is 60.8. The van der Waals surface area contributed by atoms with Crippen LogP contribution in [0.3, 0.4) is 0 Å². The predicted molar refractivity (Wildman–Crippen MR) is 108 cm³/mol. The number of amides is 1. The molecule has 0 radical (unpaired) electrons. The zero-order valence-electron chi connectivity index (χ0n) is 16.7. The Morgan fingerprint density at radius 1 is 1.16 bits per heavy atom. The summed E-state index contributed by atoms with van der Waals surface area (Å²) in [6.45, 7) is 1.27. The van der Waals surface area contributed by atoms with Crippen LogP contribution < -0.4 is 19.5 Å². The first kappa shape index (κ1) is 23.0. The minimum absolute atomic E-state index is 0.0867. The summed E-state index contributed by atoms with van der Waals surface area (Å²) in [6.07, 6.45) is -4.00. The molecule has 168 valence electrons. The highest BCUT2D eigenvalue weighted by atomic mass is 35.5. The van der Waals surface area contributed by atoms with Gasteiger partial charge in [-0.2, -0.15) is 13.2 Å². The lowest BCUT2D eigenvalue weighted by atomic mass is 10.1. The molecule has 0 unspecified atom stereocenters. The number of hydrogen-bond acceptors (Lipinski definition) is 5. The Labute approximate surface area is 182 Å². The van der Waals surface area contributed by atoms with Gasteiger partial charge in [0.05, 0.1) is 42.5 Å². The summed E-state index contributed by atoms with van der Waals surface area (Å²) in [4.78, 5) is 12.6. The zero-order chi connectivity index (χ0) is 22.4. The van der Waals surface area contributed by atoms with Crippen LogP contribution in [-0.2, 0) is 22.1 Å². The molecular weight excluding hydrogens is 439 g/mol. The van der Waals surface area contributed by atoms with Crippen molar-refractivity contribution in [1.82, 2.24) is 0 Å². The van der Waals surface area contributed by atoms with Gasteiger partial charge in [0.2, 0.25) is 5.91 Å². The number of nitrogens with one attached hydrogen (secondary N) is 1. The van der Waals surface area contributed by atoms with Gasteiger partial charge in [-0.15, -0.1) is 0 Å². The third-order valence-electron chi connectivity index (χ3n) is 4.35. The molecule has 1 aliphatic heterocycles. The average Bonchev–Trinajstić information content (AvgIpc) is 2.94. The molecule has 0 spiro atoms. The van der Waals surface area contributed by atoms with Gasteiger partial charge in [0.1, 0.15) is 12.4 Å². The monoisotopic (exact) mass is 459 g/mol. The summed E-state index contributed by atoms with van der Waals surface area (Å²) in [5, 5.41) is 2.79. The molecule has 3 rings (SSSR count). The molecule has 0 aliphatic carbocycles. The van der Waals surface area contributed by atoms with E-state index in [0.29, 0.717) is 41.7 Å². The standard InChI is InChI=1S/C21H21ClF3NO5/c1-28-7-8-30-17-4-3-14(21(23,24)25)12-16(17)26-19(27)11-13-9-15(22)20-18(10-13)29-5-2-6-31-20/h3-4,9-10,12H,2,5-8,11H2,1H3,(H,26,27). The van der Waals surface area contributed by atoms with Crippen molar-refractivity contribution in [3.63, 3.8) is 0 Å². The van der Waals surface area contributed by atoms with Crippen molar-refractivity contribution in [3.8, 4) is 17.2 Å². The molecule has 10 heteroatoms. The van der Waals surface area contributed by atoms with Crippen molar-refractivity contribution < 1.29 is 36.9 Å². The fourth-order valence-corrected chi connectivity index (χ4v) is 3.22. The van der Waals surface area contributed by atoms with Gasteiger partial charge >= 0.3 is 6.18 Å². The molecule has 2 aromatic rings. The van der Waals surface area contributed by atoms with E-state index in [4.69, 9.17) is 30.5 Å². The molecule has 0 saturated carbocycles. The van der Waals surface area contributed by atoms with E-state index in [2.05, 4.69) is 5.32 Å². The minimum atomic E-state index is -4.56. The number of hydrogen-bond donors (Lipinski definition) is 1. The van der Waals surface area contributed by atoms with Crippen LogP contribution in [0.5, 0.6) is 17.2 Å². The van der Waals surface area contributed by atoms with Gasteiger partial charge in [0.15, 0.2) is 11.5 Å². The fourth-order valence-electron chi connectivity index (χ4n) is 2.93. The fraction of sp³-hybridized carbons (Fsp3) is 0.381. The third-order valence-corrected chi connectivity index (χ3v) is 4.63. The predicted octanol–water partition coefficient (Wildman–Crippen LogP) is 4.73. The minimum Gasteiger partial charge on any atom is -0.489 e. The quantitative estimate of drug-likeness (QED) is 0.606. The summed E-state index contributed by atoms with van der Waals surface area (Å²) in [6, 6.07) is 6.09. The van der Waals surface area contributed by atoms with Crippen LogP contribution in [0, 0.1) is 0 Å². The number of methoxy groups -OCH3 is 1. The number of halogens is 4. The molecule has 1 N–H and O–H groups in total. The van der Waals surface area contributed by atoms with Gasteiger partial charge < -0.3 is 24.3 Å². The molecule has 6 nitrogen and oxygen atoms in total. The van der Waals surface area contributed by atoms with Crippen molar-refractivity contribution in [2.75, 3.05) is 38.9 Å². The van der Waals surface area contributed by atoms with Crippen LogP contribution in [0.15, 0.2) is 30.3 Å². The first-order valence-electron chi connectivity index (χ1n) is 9.49. The number of carbonyl (C=O) groups is 1. The highest BCUT2D eigenvalue weighted by Gasteiger charge is 2.31. The normalized spacial score (nSPS) is 13.5. The number of carbonyl (C=O) groups excluding carboxylic acids is 1. The lowest BCUT2D eigenvalue weighted by Gasteiger charge is -2.16. The van der Waals surface area contributed by atoms with Crippen LogP contribution in [0.1, 0.15) is 17.5 Å². The lowest BCUT2D eigenvalue weighted by Crippen LogP contribution is -2.17. The molecule has 0 aromatic heterocycles. The Kier molecular flexibility index (Phi) is 7.50. The maximum Gasteiger partial charge on any atom is 0.416 e. The van der Waals surface area contributed by atoms with Crippen molar-refractivity contribution in [2.45, 2.75) is 19.0 Å². The first-order chi connectivity index (χ1) is 14.8. The average molecular weight is 460 g/mol. The highest BCUT2D eigenvalue weighted by molar-refractivity contribution is 6.32. The second-order valence-corrected chi connectivity index (χ2v) is 7.14. The molecular formula is C21H21ClF3NO5. The van der Waals surface area contributed by atoms with E-state index in [1.165, 1.54) is 13.2 Å². The van der Waals surface area contributed by atoms with E-state index in [1.54, 1.807) is 12.1 Å². The molecule has 0 bridgehead atoms. The summed E-state index contributed by atoms with van der Waals surface area (Å²) in [7, 11) is 1.47. The third kappa shape index (κ3) is 6.18. The molecule has 1 heterocycles. The molecule has 0 fully saturated rings. The van der Waals surface area contributed by atoms with Crippen LogP contribution in [0.4, 0.5) is 18.9 Å². The van der Waals surface area contributed by atoms with Crippen LogP contribution in [-0.4, -0.2) is 39.4 Å². The van der Waals surface area contributed by atoms with Crippen molar-refractivity contribution in [3.05, 3.63) is 46.5 Å². The topological polar surface area (TPSA) is 66.0 Å². The number of rotatable bonds is 7. The molecule has 2 aromatic carbocycles. The Bertz CT molecular complexity index is 936. The first-order valence-corrected chi connectivity index (χ1v) is 9.86. The summed E-state index contributed by atoms with van der Waals surface area (Å²) in [5.74, 6) is 0.405. The van der Waals surface area contributed by atoms with Crippen molar-refractivity contribution in [2.24, 2.45) is 0 Å². The van der Waals surface area contributed by atoms with Gasteiger partial charge in [-0.05, 0) is 35.9 Å². The van der Waals surface area contributed by atoms with E-state index in [-0.39, 0.29) is 31.1 Å². The molecule has 1 aliphatic rings. The number of anilines is 1. The summed E-state index contributed by atoms with van der Waals surface area (Å²) >= 11 is 6.24. The number of benzene rings is 2. The van der Waals surface area contributed by atoms with Gasteiger partial charge in [-0.3, -0.25) is 4.79 Å². The van der Waals surface area contributed by atoms with Crippen LogP contribution in [0.2, 0.25) is 5.02 Å².